The lowest BCUT2D eigenvalue weighted by molar-refractivity contribution is 0.0915. The predicted octanol–water partition coefficient (Wildman–Crippen LogP) is 2.99. The van der Waals surface area contributed by atoms with E-state index in [1.165, 1.54) is 16.9 Å². The Morgan fingerprint density at radius 2 is 2.23 bits per heavy atom. The van der Waals surface area contributed by atoms with Crippen LogP contribution in [0.25, 0.3) is 10.6 Å². The highest BCUT2D eigenvalue weighted by atomic mass is 32.1. The van der Waals surface area contributed by atoms with Crippen molar-refractivity contribution in [3.05, 3.63) is 40.9 Å². The molecule has 2 N–H and O–H groups in total. The van der Waals surface area contributed by atoms with Crippen molar-refractivity contribution in [3.63, 3.8) is 0 Å². The predicted molar refractivity (Wildman–Crippen MR) is 90.2 cm³/mol. The van der Waals surface area contributed by atoms with E-state index in [2.05, 4.69) is 35.5 Å². The zero-order valence-electron chi connectivity index (χ0n) is 12.9. The van der Waals surface area contributed by atoms with Crippen LogP contribution in [0.2, 0.25) is 0 Å². The van der Waals surface area contributed by atoms with E-state index in [0.29, 0.717) is 11.7 Å². The van der Waals surface area contributed by atoms with E-state index in [4.69, 9.17) is 0 Å². The van der Waals surface area contributed by atoms with E-state index < -0.39 is 0 Å². The minimum absolute atomic E-state index is 0.0726. The zero-order valence-corrected chi connectivity index (χ0v) is 13.7. The van der Waals surface area contributed by atoms with Crippen molar-refractivity contribution in [2.24, 2.45) is 0 Å². The van der Waals surface area contributed by atoms with Crippen molar-refractivity contribution < 1.29 is 4.79 Å². The quantitative estimate of drug-likeness (QED) is 0.915. The number of carbonyl (C=O) groups is 1. The van der Waals surface area contributed by atoms with Crippen LogP contribution in [0, 0.1) is 6.92 Å². The number of rotatable bonds is 3. The minimum Gasteiger partial charge on any atom is -0.346 e. The van der Waals surface area contributed by atoms with Gasteiger partial charge in [0.1, 0.15) is 10.7 Å². The number of nitrogens with zero attached hydrogens (tertiary/aromatic N) is 1. The van der Waals surface area contributed by atoms with Crippen molar-refractivity contribution in [2.45, 2.75) is 38.8 Å². The number of benzene rings is 1. The number of carbonyl (C=O) groups excluding carboxylic acids is 1. The number of thiazole rings is 1. The molecule has 0 spiro atoms. The van der Waals surface area contributed by atoms with Crippen molar-refractivity contribution in [3.8, 4) is 10.6 Å². The molecule has 1 amide bonds. The molecule has 116 valence electrons. The highest BCUT2D eigenvalue weighted by Crippen LogP contribution is 2.26. The van der Waals surface area contributed by atoms with Gasteiger partial charge in [-0.25, -0.2) is 4.98 Å². The summed E-state index contributed by atoms with van der Waals surface area (Å²) in [6, 6.07) is 8.61. The maximum atomic E-state index is 12.4. The first-order chi connectivity index (χ1) is 10.6. The molecule has 2 aromatic rings. The van der Waals surface area contributed by atoms with Crippen LogP contribution in [0.3, 0.4) is 0 Å². The van der Waals surface area contributed by atoms with Gasteiger partial charge in [-0.1, -0.05) is 24.3 Å². The third-order valence-electron chi connectivity index (χ3n) is 4.19. The second kappa shape index (κ2) is 6.58. The lowest BCUT2D eigenvalue weighted by Gasteiger charge is -2.30. The average molecular weight is 315 g/mol. The van der Waals surface area contributed by atoms with E-state index in [1.807, 2.05) is 23.6 Å². The molecule has 2 unspecified atom stereocenters. The zero-order chi connectivity index (χ0) is 15.5. The molecule has 0 aliphatic carbocycles. The minimum atomic E-state index is -0.0726. The maximum Gasteiger partial charge on any atom is 0.271 e. The van der Waals surface area contributed by atoms with Gasteiger partial charge in [0, 0.05) is 23.0 Å². The second-order valence-corrected chi connectivity index (χ2v) is 6.68. The van der Waals surface area contributed by atoms with Gasteiger partial charge < -0.3 is 10.6 Å². The fourth-order valence-corrected chi connectivity index (χ4v) is 3.69. The number of aromatic nitrogens is 1. The summed E-state index contributed by atoms with van der Waals surface area (Å²) >= 11 is 1.52. The Hall–Kier alpha value is -1.72. The molecule has 2 atom stereocenters. The summed E-state index contributed by atoms with van der Waals surface area (Å²) in [5.41, 5.74) is 2.79. The van der Waals surface area contributed by atoms with Crippen molar-refractivity contribution in [2.75, 3.05) is 6.54 Å². The molecule has 1 aromatic heterocycles. The van der Waals surface area contributed by atoms with Crippen molar-refractivity contribution in [1.82, 2.24) is 15.6 Å². The first kappa shape index (κ1) is 15.2. The van der Waals surface area contributed by atoms with Gasteiger partial charge in [0.15, 0.2) is 0 Å². The van der Waals surface area contributed by atoms with Gasteiger partial charge in [0.05, 0.1) is 0 Å². The van der Waals surface area contributed by atoms with Gasteiger partial charge in [-0.2, -0.15) is 0 Å². The second-order valence-electron chi connectivity index (χ2n) is 5.82. The lowest BCUT2D eigenvalue weighted by atomic mass is 10.00. The van der Waals surface area contributed by atoms with Gasteiger partial charge in [0.2, 0.25) is 0 Å². The molecule has 4 nitrogen and oxygen atoms in total. The number of amides is 1. The average Bonchev–Trinajstić information content (AvgIpc) is 3.00. The Kier molecular flexibility index (Phi) is 4.55. The SMILES string of the molecule is Cc1ccccc1-c1nc(C(=O)NC2CCCNC2C)cs1. The van der Waals surface area contributed by atoms with Crippen LogP contribution in [0.1, 0.15) is 35.8 Å². The Morgan fingerprint density at radius 1 is 1.41 bits per heavy atom. The van der Waals surface area contributed by atoms with Gasteiger partial charge in [-0.05, 0) is 38.8 Å². The molecular weight excluding hydrogens is 294 g/mol. The number of aryl methyl sites for hydroxylation is 1. The first-order valence-corrected chi connectivity index (χ1v) is 8.59. The molecule has 1 aliphatic rings. The van der Waals surface area contributed by atoms with Crippen LogP contribution in [-0.2, 0) is 0 Å². The summed E-state index contributed by atoms with van der Waals surface area (Å²) in [6.07, 6.45) is 2.12. The van der Waals surface area contributed by atoms with E-state index in [9.17, 15) is 4.79 Å². The molecule has 0 radical (unpaired) electrons. The van der Waals surface area contributed by atoms with Gasteiger partial charge in [0.25, 0.3) is 5.91 Å². The summed E-state index contributed by atoms with van der Waals surface area (Å²) in [7, 11) is 0. The van der Waals surface area contributed by atoms with Gasteiger partial charge in [-0.15, -0.1) is 11.3 Å². The Labute approximate surface area is 135 Å². The largest absolute Gasteiger partial charge is 0.346 e. The van der Waals surface area contributed by atoms with Crippen LogP contribution in [0.15, 0.2) is 29.6 Å². The molecule has 1 aliphatic heterocycles. The van der Waals surface area contributed by atoms with Crippen LogP contribution < -0.4 is 10.6 Å². The molecule has 5 heteroatoms. The smallest absolute Gasteiger partial charge is 0.271 e. The summed E-state index contributed by atoms with van der Waals surface area (Å²) in [5, 5.41) is 9.25. The highest BCUT2D eigenvalue weighted by molar-refractivity contribution is 7.13. The van der Waals surface area contributed by atoms with Crippen molar-refractivity contribution in [1.29, 1.82) is 0 Å². The first-order valence-electron chi connectivity index (χ1n) is 7.71. The number of hydrogen-bond donors (Lipinski definition) is 2. The van der Waals surface area contributed by atoms with E-state index >= 15 is 0 Å². The molecule has 0 bridgehead atoms. The molecule has 1 aromatic carbocycles. The van der Waals surface area contributed by atoms with Crippen LogP contribution >= 0.6 is 11.3 Å². The topological polar surface area (TPSA) is 54.0 Å². The van der Waals surface area contributed by atoms with E-state index in [1.54, 1.807) is 0 Å². The highest BCUT2D eigenvalue weighted by Gasteiger charge is 2.23. The van der Waals surface area contributed by atoms with Gasteiger partial charge >= 0.3 is 0 Å². The molecule has 1 saturated heterocycles. The van der Waals surface area contributed by atoms with Crippen LogP contribution in [0.4, 0.5) is 0 Å². The summed E-state index contributed by atoms with van der Waals surface area (Å²) in [6.45, 7) is 5.21. The molecule has 0 saturated carbocycles. The monoisotopic (exact) mass is 315 g/mol. The normalized spacial score (nSPS) is 21.5. The van der Waals surface area contributed by atoms with Gasteiger partial charge in [-0.3, -0.25) is 4.79 Å². The number of piperidine rings is 1. The van der Waals surface area contributed by atoms with Crippen LogP contribution in [0.5, 0.6) is 0 Å². The molecule has 22 heavy (non-hydrogen) atoms. The molecule has 1 fully saturated rings. The van der Waals surface area contributed by atoms with Crippen LogP contribution in [-0.4, -0.2) is 29.5 Å². The number of nitrogens with one attached hydrogen (secondary N) is 2. The Morgan fingerprint density at radius 3 is 3.00 bits per heavy atom. The summed E-state index contributed by atoms with van der Waals surface area (Å²) in [5.74, 6) is -0.0726. The lowest BCUT2D eigenvalue weighted by Crippen LogP contribution is -2.51. The fourth-order valence-electron chi connectivity index (χ4n) is 2.80. The molecule has 3 rings (SSSR count). The fraction of sp³-hybridized carbons (Fsp3) is 0.412. The molecular formula is C17H21N3OS. The van der Waals surface area contributed by atoms with Crippen molar-refractivity contribution >= 4 is 17.2 Å². The van der Waals surface area contributed by atoms with E-state index in [0.717, 1.165) is 30.0 Å². The molecule has 2 heterocycles. The Bertz CT molecular complexity index is 667. The standard InChI is InChI=1S/C17H21N3OS/c1-11-6-3-4-7-13(11)17-20-15(10-22-17)16(21)19-14-8-5-9-18-12(14)2/h3-4,6-7,10,12,14,18H,5,8-9H2,1-2H3,(H,19,21). The third-order valence-corrected chi connectivity index (χ3v) is 5.07. The third kappa shape index (κ3) is 3.20. The maximum absolute atomic E-state index is 12.4. The Balaban J connectivity index is 1.73. The summed E-state index contributed by atoms with van der Waals surface area (Å²) in [4.78, 5) is 16.9. The number of hydrogen-bond acceptors (Lipinski definition) is 4. The summed E-state index contributed by atoms with van der Waals surface area (Å²) < 4.78 is 0. The van der Waals surface area contributed by atoms with E-state index in [-0.39, 0.29) is 11.9 Å².